The monoisotopic (exact) mass is 430 g/mol. The number of phenolic OH excluding ortho intramolecular Hbond substituents is 1. The van der Waals surface area contributed by atoms with Crippen LogP contribution in [0, 0.1) is 6.92 Å². The highest BCUT2D eigenvalue weighted by Gasteiger charge is 2.12. The average Bonchev–Trinajstić information content (AvgIpc) is 2.63. The Hall–Kier alpha value is -2.30. The molecule has 132 valence electrons. The van der Waals surface area contributed by atoms with E-state index in [2.05, 4.69) is 41.1 Å². The van der Waals surface area contributed by atoms with Crippen LogP contribution in [0.5, 0.6) is 11.5 Å². The van der Waals surface area contributed by atoms with Crippen molar-refractivity contribution in [2.75, 3.05) is 0 Å². The molecule has 0 saturated heterocycles. The minimum atomic E-state index is -0.160. The number of ether oxygens (including phenoxy) is 1. The Morgan fingerprint density at radius 1 is 1.15 bits per heavy atom. The summed E-state index contributed by atoms with van der Waals surface area (Å²) < 4.78 is 6.70. The first-order valence-corrected chi connectivity index (χ1v) is 9.11. The fraction of sp³-hybridized carbons (Fsp3) is 0.0952. The van der Waals surface area contributed by atoms with Gasteiger partial charge in [-0.05, 0) is 40.0 Å². The highest BCUT2D eigenvalue weighted by atomic mass is 79.9. The average molecular weight is 432 g/mol. The van der Waals surface area contributed by atoms with Crippen molar-refractivity contribution in [3.05, 3.63) is 80.8 Å². The molecule has 3 aromatic carbocycles. The van der Waals surface area contributed by atoms with E-state index in [1.165, 1.54) is 17.7 Å². The molecule has 0 aliphatic heterocycles. The molecule has 0 bridgehead atoms. The highest BCUT2D eigenvalue weighted by Crippen LogP contribution is 2.34. The number of carbonyl (C=O) groups excluding carboxylic acids is 1. The van der Waals surface area contributed by atoms with Crippen LogP contribution in [0.4, 0.5) is 0 Å². The summed E-state index contributed by atoms with van der Waals surface area (Å²) in [5.74, 6) is 0.162. The third kappa shape index (κ3) is 3.92. The Balaban J connectivity index is 1.87. The van der Waals surface area contributed by atoms with Gasteiger partial charge in [-0.3, -0.25) is 4.79 Å². The summed E-state index contributed by atoms with van der Waals surface area (Å²) in [6, 6.07) is 17.0. The zero-order valence-corrected chi connectivity index (χ0v) is 16.3. The zero-order chi connectivity index (χ0) is 18.7. The third-order valence-corrected chi connectivity index (χ3v) is 5.23. The van der Waals surface area contributed by atoms with Gasteiger partial charge < -0.3 is 9.84 Å². The summed E-state index contributed by atoms with van der Waals surface area (Å²) in [7, 11) is 0. The minimum absolute atomic E-state index is 0.130. The van der Waals surface area contributed by atoms with E-state index in [0.29, 0.717) is 12.0 Å². The number of hydrogen-bond donors (Lipinski definition) is 1. The molecular weight excluding hydrogens is 416 g/mol. The predicted octanol–water partition coefficient (Wildman–Crippen LogP) is 6.18. The molecule has 0 atom stereocenters. The van der Waals surface area contributed by atoms with Gasteiger partial charge >= 0.3 is 0 Å². The van der Waals surface area contributed by atoms with Crippen LogP contribution in [0.2, 0.25) is 5.02 Å². The molecule has 0 fully saturated rings. The standard InChI is InChI=1S/C21H16BrClO3/c1-13-4-2-5-14(8-13)17-7-3-6-15(21(17)22)12-26-20-10-19(25)16(11-24)9-18(20)23/h2-11,25H,12H2,1H3. The van der Waals surface area contributed by atoms with Gasteiger partial charge in [0.25, 0.3) is 0 Å². The topological polar surface area (TPSA) is 46.5 Å². The molecule has 5 heteroatoms. The summed E-state index contributed by atoms with van der Waals surface area (Å²) in [4.78, 5) is 10.8. The molecule has 0 heterocycles. The molecule has 0 aliphatic rings. The van der Waals surface area contributed by atoms with Gasteiger partial charge in [-0.15, -0.1) is 0 Å². The quantitative estimate of drug-likeness (QED) is 0.491. The van der Waals surface area contributed by atoms with E-state index in [0.717, 1.165) is 21.2 Å². The van der Waals surface area contributed by atoms with Crippen LogP contribution in [0.3, 0.4) is 0 Å². The van der Waals surface area contributed by atoms with Crippen molar-refractivity contribution in [1.82, 2.24) is 0 Å². The molecule has 0 amide bonds. The second kappa shape index (κ2) is 7.94. The van der Waals surface area contributed by atoms with Crippen molar-refractivity contribution in [3.63, 3.8) is 0 Å². The zero-order valence-electron chi connectivity index (χ0n) is 14.0. The van der Waals surface area contributed by atoms with Crippen LogP contribution in [-0.2, 0) is 6.61 Å². The number of aromatic hydroxyl groups is 1. The van der Waals surface area contributed by atoms with Crippen molar-refractivity contribution >= 4 is 33.8 Å². The van der Waals surface area contributed by atoms with Gasteiger partial charge in [-0.25, -0.2) is 0 Å². The summed E-state index contributed by atoms with van der Waals surface area (Å²) in [5.41, 5.74) is 4.45. The fourth-order valence-electron chi connectivity index (χ4n) is 2.65. The molecule has 0 unspecified atom stereocenters. The van der Waals surface area contributed by atoms with Crippen molar-refractivity contribution in [3.8, 4) is 22.6 Å². The maximum absolute atomic E-state index is 10.8. The largest absolute Gasteiger partial charge is 0.507 e. The van der Waals surface area contributed by atoms with E-state index in [1.54, 1.807) is 0 Å². The third-order valence-electron chi connectivity index (χ3n) is 4.00. The molecule has 0 radical (unpaired) electrons. The lowest BCUT2D eigenvalue weighted by molar-refractivity contribution is 0.112. The van der Waals surface area contributed by atoms with Gasteiger partial charge in [0.1, 0.15) is 18.1 Å². The first-order chi connectivity index (χ1) is 12.5. The van der Waals surface area contributed by atoms with Crippen LogP contribution in [-0.4, -0.2) is 11.4 Å². The molecule has 1 N–H and O–H groups in total. The lowest BCUT2D eigenvalue weighted by atomic mass is 10.0. The number of hydrogen-bond acceptors (Lipinski definition) is 3. The molecule has 3 rings (SSSR count). The normalized spacial score (nSPS) is 10.6. The van der Waals surface area contributed by atoms with Gasteiger partial charge in [0, 0.05) is 16.1 Å². The molecule has 0 aromatic heterocycles. The smallest absolute Gasteiger partial charge is 0.153 e. The Labute approximate surface area is 165 Å². The predicted molar refractivity (Wildman–Crippen MR) is 107 cm³/mol. The van der Waals surface area contributed by atoms with Crippen molar-refractivity contribution < 1.29 is 14.6 Å². The molecule has 3 nitrogen and oxygen atoms in total. The first kappa shape index (κ1) is 18.5. The summed E-state index contributed by atoms with van der Waals surface area (Å²) in [6.07, 6.45) is 0.549. The number of benzene rings is 3. The van der Waals surface area contributed by atoms with E-state index in [9.17, 15) is 9.90 Å². The van der Waals surface area contributed by atoms with Gasteiger partial charge in [0.05, 0.1) is 10.6 Å². The molecule has 26 heavy (non-hydrogen) atoms. The first-order valence-electron chi connectivity index (χ1n) is 7.94. The molecule has 0 spiro atoms. The molecule has 3 aromatic rings. The Morgan fingerprint density at radius 3 is 2.65 bits per heavy atom. The van der Waals surface area contributed by atoms with E-state index < -0.39 is 0 Å². The number of rotatable bonds is 5. The number of phenols is 1. The van der Waals surface area contributed by atoms with Gasteiger partial charge in [0.2, 0.25) is 0 Å². The lowest BCUT2D eigenvalue weighted by Gasteiger charge is -2.13. The lowest BCUT2D eigenvalue weighted by Crippen LogP contribution is -1.99. The summed E-state index contributed by atoms with van der Waals surface area (Å²) >= 11 is 9.79. The fourth-order valence-corrected chi connectivity index (χ4v) is 3.48. The number of aldehydes is 1. The van der Waals surface area contributed by atoms with E-state index in [-0.39, 0.29) is 22.9 Å². The molecular formula is C21H16BrClO3. The number of carbonyl (C=O) groups is 1. The van der Waals surface area contributed by atoms with E-state index >= 15 is 0 Å². The number of halogens is 2. The van der Waals surface area contributed by atoms with Crippen molar-refractivity contribution in [2.24, 2.45) is 0 Å². The second-order valence-corrected chi connectivity index (χ2v) is 7.10. The van der Waals surface area contributed by atoms with Crippen LogP contribution in [0.15, 0.2) is 59.1 Å². The maximum atomic E-state index is 10.8. The Bertz CT molecular complexity index is 969. The Morgan fingerprint density at radius 2 is 1.92 bits per heavy atom. The van der Waals surface area contributed by atoms with Crippen LogP contribution < -0.4 is 4.74 Å². The van der Waals surface area contributed by atoms with Gasteiger partial charge in [-0.2, -0.15) is 0 Å². The summed E-state index contributed by atoms with van der Waals surface area (Å²) in [5, 5.41) is 10.1. The van der Waals surface area contributed by atoms with Gasteiger partial charge in [0.15, 0.2) is 6.29 Å². The number of aryl methyl sites for hydroxylation is 1. The van der Waals surface area contributed by atoms with Gasteiger partial charge in [-0.1, -0.05) is 59.6 Å². The van der Waals surface area contributed by atoms with E-state index in [1.807, 2.05) is 24.3 Å². The van der Waals surface area contributed by atoms with E-state index in [4.69, 9.17) is 16.3 Å². The SMILES string of the molecule is Cc1cccc(-c2cccc(COc3cc(O)c(C=O)cc3Cl)c2Br)c1. The molecule has 0 aliphatic carbocycles. The van der Waals surface area contributed by atoms with Crippen LogP contribution in [0.1, 0.15) is 21.5 Å². The molecule has 0 saturated carbocycles. The van der Waals surface area contributed by atoms with Crippen LogP contribution >= 0.6 is 27.5 Å². The maximum Gasteiger partial charge on any atom is 0.153 e. The Kier molecular flexibility index (Phi) is 5.64. The highest BCUT2D eigenvalue weighted by molar-refractivity contribution is 9.10. The van der Waals surface area contributed by atoms with Crippen molar-refractivity contribution in [1.29, 1.82) is 0 Å². The van der Waals surface area contributed by atoms with Crippen LogP contribution in [0.25, 0.3) is 11.1 Å². The minimum Gasteiger partial charge on any atom is -0.507 e. The second-order valence-electron chi connectivity index (χ2n) is 5.90. The summed E-state index contributed by atoms with van der Waals surface area (Å²) in [6.45, 7) is 2.32. The van der Waals surface area contributed by atoms with Crippen molar-refractivity contribution in [2.45, 2.75) is 13.5 Å².